The van der Waals surface area contributed by atoms with Crippen molar-refractivity contribution in [2.45, 2.75) is 32.2 Å². The molecule has 0 saturated heterocycles. The second kappa shape index (κ2) is 6.75. The van der Waals surface area contributed by atoms with E-state index in [0.29, 0.717) is 6.54 Å². The maximum atomic E-state index is 12.1. The summed E-state index contributed by atoms with van der Waals surface area (Å²) in [6, 6.07) is 16.7. The van der Waals surface area contributed by atoms with Crippen LogP contribution in [0.2, 0.25) is 0 Å². The largest absolute Gasteiger partial charge is 0.325 e. The Hall–Kier alpha value is -2.13. The molecule has 0 bridgehead atoms. The first-order chi connectivity index (χ1) is 10.7. The number of para-hydroxylation sites is 1. The van der Waals surface area contributed by atoms with Crippen LogP contribution in [0.25, 0.3) is 0 Å². The van der Waals surface area contributed by atoms with Gasteiger partial charge in [-0.3, -0.25) is 4.79 Å². The summed E-state index contributed by atoms with van der Waals surface area (Å²) in [6.45, 7) is 2.34. The fourth-order valence-electron chi connectivity index (χ4n) is 3.09. The lowest BCUT2D eigenvalue weighted by atomic mass is 9.88. The van der Waals surface area contributed by atoms with E-state index < -0.39 is 0 Å². The van der Waals surface area contributed by atoms with Gasteiger partial charge in [0.15, 0.2) is 0 Å². The molecule has 114 valence electrons. The van der Waals surface area contributed by atoms with Gasteiger partial charge in [0.05, 0.1) is 6.54 Å². The first-order valence-electron chi connectivity index (χ1n) is 7.91. The molecule has 0 unspecified atom stereocenters. The summed E-state index contributed by atoms with van der Waals surface area (Å²) in [5.74, 6) is 0.0114. The highest BCUT2D eigenvalue weighted by molar-refractivity contribution is 5.92. The zero-order valence-corrected chi connectivity index (χ0v) is 12.9. The smallest absolute Gasteiger partial charge is 0.238 e. The Morgan fingerprint density at radius 1 is 1.14 bits per heavy atom. The molecule has 0 spiro atoms. The molecule has 0 heterocycles. The van der Waals surface area contributed by atoms with Crippen LogP contribution in [0.5, 0.6) is 0 Å². The van der Waals surface area contributed by atoms with Crippen LogP contribution in [0.4, 0.5) is 5.69 Å². The van der Waals surface area contributed by atoms with Gasteiger partial charge in [-0.05, 0) is 48.9 Å². The Kier molecular flexibility index (Phi) is 4.54. The highest BCUT2D eigenvalue weighted by atomic mass is 16.1. The predicted molar refractivity (Wildman–Crippen MR) is 89.9 cm³/mol. The molecule has 0 fully saturated rings. The first kappa shape index (κ1) is 14.8. The van der Waals surface area contributed by atoms with Gasteiger partial charge in [-0.1, -0.05) is 42.5 Å². The van der Waals surface area contributed by atoms with E-state index in [9.17, 15) is 4.79 Å². The summed E-state index contributed by atoms with van der Waals surface area (Å²) in [4.78, 5) is 12.1. The summed E-state index contributed by atoms with van der Waals surface area (Å²) in [5, 5.41) is 6.38. The van der Waals surface area contributed by atoms with Crippen LogP contribution < -0.4 is 10.6 Å². The van der Waals surface area contributed by atoms with Crippen molar-refractivity contribution in [3.8, 4) is 0 Å². The van der Waals surface area contributed by atoms with Crippen LogP contribution in [-0.2, 0) is 11.2 Å². The van der Waals surface area contributed by atoms with Gasteiger partial charge >= 0.3 is 0 Å². The van der Waals surface area contributed by atoms with Crippen molar-refractivity contribution >= 4 is 11.6 Å². The van der Waals surface area contributed by atoms with Crippen molar-refractivity contribution in [3.63, 3.8) is 0 Å². The van der Waals surface area contributed by atoms with E-state index in [1.54, 1.807) is 0 Å². The maximum Gasteiger partial charge on any atom is 0.238 e. The van der Waals surface area contributed by atoms with E-state index in [2.05, 4.69) is 34.9 Å². The van der Waals surface area contributed by atoms with E-state index in [4.69, 9.17) is 0 Å². The molecule has 22 heavy (non-hydrogen) atoms. The van der Waals surface area contributed by atoms with Crippen molar-refractivity contribution in [1.29, 1.82) is 0 Å². The van der Waals surface area contributed by atoms with Gasteiger partial charge in [-0.25, -0.2) is 0 Å². The fourth-order valence-corrected chi connectivity index (χ4v) is 3.09. The van der Waals surface area contributed by atoms with E-state index in [1.165, 1.54) is 17.5 Å². The van der Waals surface area contributed by atoms with Gasteiger partial charge in [-0.2, -0.15) is 0 Å². The molecule has 1 amide bonds. The van der Waals surface area contributed by atoms with Crippen LogP contribution >= 0.6 is 0 Å². The number of rotatable bonds is 4. The van der Waals surface area contributed by atoms with Crippen LogP contribution in [0.1, 0.15) is 35.6 Å². The molecule has 3 nitrogen and oxygen atoms in total. The normalized spacial score (nSPS) is 16.9. The molecule has 3 heteroatoms. The SMILES string of the molecule is Cc1ccccc1NC(=O)CN[C@H]1CCCc2ccccc21. The van der Waals surface area contributed by atoms with Gasteiger partial charge in [0.25, 0.3) is 0 Å². The first-order valence-corrected chi connectivity index (χ1v) is 7.91. The Morgan fingerprint density at radius 3 is 2.77 bits per heavy atom. The number of hydrogen-bond acceptors (Lipinski definition) is 2. The van der Waals surface area contributed by atoms with Crippen LogP contribution in [0, 0.1) is 6.92 Å². The second-order valence-electron chi connectivity index (χ2n) is 5.89. The zero-order chi connectivity index (χ0) is 15.4. The van der Waals surface area contributed by atoms with Crippen molar-refractivity contribution < 1.29 is 4.79 Å². The summed E-state index contributed by atoms with van der Waals surface area (Å²) >= 11 is 0. The van der Waals surface area contributed by atoms with Gasteiger partial charge in [-0.15, -0.1) is 0 Å². The Labute approximate surface area is 131 Å². The number of benzene rings is 2. The molecule has 2 aromatic rings. The minimum atomic E-state index is 0.0114. The molecule has 0 radical (unpaired) electrons. The molecule has 1 aliphatic rings. The predicted octanol–water partition coefficient (Wildman–Crippen LogP) is 3.60. The van der Waals surface area contributed by atoms with Gasteiger partial charge in [0.2, 0.25) is 5.91 Å². The topological polar surface area (TPSA) is 41.1 Å². The minimum Gasteiger partial charge on any atom is -0.325 e. The molecule has 1 atom stereocenters. The summed E-state index contributed by atoms with van der Waals surface area (Å²) in [7, 11) is 0. The fraction of sp³-hybridized carbons (Fsp3) is 0.316. The average Bonchev–Trinajstić information content (AvgIpc) is 2.55. The molecule has 3 rings (SSSR count). The summed E-state index contributed by atoms with van der Waals surface area (Å²) in [5.41, 5.74) is 4.72. The lowest BCUT2D eigenvalue weighted by Crippen LogP contribution is -2.33. The third-order valence-electron chi connectivity index (χ3n) is 4.30. The van der Waals surface area contributed by atoms with Gasteiger partial charge < -0.3 is 10.6 Å². The lowest BCUT2D eigenvalue weighted by Gasteiger charge is -2.26. The molecular formula is C19H22N2O. The highest BCUT2D eigenvalue weighted by Gasteiger charge is 2.19. The second-order valence-corrected chi connectivity index (χ2v) is 5.89. The number of hydrogen-bond donors (Lipinski definition) is 2. The number of aryl methyl sites for hydroxylation is 2. The molecule has 2 N–H and O–H groups in total. The minimum absolute atomic E-state index is 0.0114. The van der Waals surface area contributed by atoms with Crippen molar-refractivity contribution in [2.24, 2.45) is 0 Å². The zero-order valence-electron chi connectivity index (χ0n) is 12.9. The molecule has 1 aliphatic carbocycles. The third kappa shape index (κ3) is 3.37. The van der Waals surface area contributed by atoms with E-state index in [1.807, 2.05) is 31.2 Å². The number of carbonyl (C=O) groups excluding carboxylic acids is 1. The summed E-state index contributed by atoms with van der Waals surface area (Å²) in [6.07, 6.45) is 3.41. The Balaban J connectivity index is 1.59. The lowest BCUT2D eigenvalue weighted by molar-refractivity contribution is -0.115. The maximum absolute atomic E-state index is 12.1. The number of carbonyl (C=O) groups is 1. The van der Waals surface area contributed by atoms with Crippen LogP contribution in [0.3, 0.4) is 0 Å². The van der Waals surface area contributed by atoms with E-state index >= 15 is 0 Å². The van der Waals surface area contributed by atoms with Gasteiger partial charge in [0.1, 0.15) is 0 Å². The molecule has 0 saturated carbocycles. The van der Waals surface area contributed by atoms with Gasteiger partial charge in [0, 0.05) is 11.7 Å². The number of anilines is 1. The Morgan fingerprint density at radius 2 is 1.91 bits per heavy atom. The monoisotopic (exact) mass is 294 g/mol. The molecular weight excluding hydrogens is 272 g/mol. The highest BCUT2D eigenvalue weighted by Crippen LogP contribution is 2.29. The van der Waals surface area contributed by atoms with Crippen molar-refractivity contribution in [3.05, 3.63) is 65.2 Å². The van der Waals surface area contributed by atoms with Crippen molar-refractivity contribution in [2.75, 3.05) is 11.9 Å². The van der Waals surface area contributed by atoms with Crippen LogP contribution in [-0.4, -0.2) is 12.5 Å². The van der Waals surface area contributed by atoms with E-state index in [0.717, 1.165) is 24.1 Å². The molecule has 0 aromatic heterocycles. The summed E-state index contributed by atoms with van der Waals surface area (Å²) < 4.78 is 0. The average molecular weight is 294 g/mol. The van der Waals surface area contributed by atoms with Crippen LogP contribution in [0.15, 0.2) is 48.5 Å². The number of amides is 1. The number of nitrogens with one attached hydrogen (secondary N) is 2. The standard InChI is InChI=1S/C19H22N2O/c1-14-7-2-5-11-17(14)21-19(22)13-20-18-12-6-9-15-8-3-4-10-16(15)18/h2-5,7-8,10-11,18,20H,6,9,12-13H2,1H3,(H,21,22)/t18-/m0/s1. The van der Waals surface area contributed by atoms with E-state index in [-0.39, 0.29) is 11.9 Å². The third-order valence-corrected chi connectivity index (χ3v) is 4.30. The molecule has 0 aliphatic heterocycles. The quantitative estimate of drug-likeness (QED) is 0.904. The number of fused-ring (bicyclic) bond motifs is 1. The Bertz CT molecular complexity index is 666. The molecule has 2 aromatic carbocycles. The van der Waals surface area contributed by atoms with Crippen molar-refractivity contribution in [1.82, 2.24) is 5.32 Å².